The van der Waals surface area contributed by atoms with Crippen LogP contribution in [-0.4, -0.2) is 61.7 Å². The summed E-state index contributed by atoms with van der Waals surface area (Å²) in [6, 6.07) is 9.94. The summed E-state index contributed by atoms with van der Waals surface area (Å²) in [5.74, 6) is -4.48. The van der Waals surface area contributed by atoms with Crippen LogP contribution in [0.4, 0.5) is 13.2 Å². The first-order valence-corrected chi connectivity index (χ1v) is 11.9. The zero-order valence-electron chi connectivity index (χ0n) is 20.2. The summed E-state index contributed by atoms with van der Waals surface area (Å²) < 4.78 is 33.1. The van der Waals surface area contributed by atoms with Gasteiger partial charge in [0.15, 0.2) is 0 Å². The number of nitrogens with one attached hydrogen (secondary N) is 2. The molecule has 0 spiro atoms. The minimum Gasteiger partial charge on any atom is -0.478 e. The summed E-state index contributed by atoms with van der Waals surface area (Å²) in [7, 11) is 0. The molecule has 0 saturated carbocycles. The third-order valence-electron chi connectivity index (χ3n) is 5.35. The van der Waals surface area contributed by atoms with E-state index in [9.17, 15) is 32.7 Å². The number of alkyl halides is 3. The number of hydrogen-bond donors (Lipinski definition) is 4. The predicted octanol–water partition coefficient (Wildman–Crippen LogP) is 3.22. The van der Waals surface area contributed by atoms with Crippen LogP contribution >= 0.6 is 11.3 Å². The van der Waals surface area contributed by atoms with Gasteiger partial charge in [0.25, 0.3) is 5.91 Å². The van der Waals surface area contributed by atoms with Gasteiger partial charge in [0.05, 0.1) is 34.4 Å². The van der Waals surface area contributed by atoms with E-state index in [1.165, 1.54) is 22.1 Å². The van der Waals surface area contributed by atoms with E-state index in [1.807, 2.05) is 13.8 Å². The van der Waals surface area contributed by atoms with E-state index in [-0.39, 0.29) is 23.9 Å². The molecule has 2 heterocycles. The highest BCUT2D eigenvalue weighted by molar-refractivity contribution is 7.12. The lowest BCUT2D eigenvalue weighted by atomic mass is 9.89. The molecular formula is C23H24F3N5O6S. The Bertz CT molecular complexity index is 1270. The molecule has 0 aliphatic heterocycles. The molecule has 15 heteroatoms. The van der Waals surface area contributed by atoms with Crippen LogP contribution in [0.2, 0.25) is 0 Å². The van der Waals surface area contributed by atoms with Crippen molar-refractivity contribution in [1.29, 1.82) is 0 Å². The van der Waals surface area contributed by atoms with E-state index in [1.54, 1.807) is 41.9 Å². The van der Waals surface area contributed by atoms with Crippen LogP contribution in [0.5, 0.6) is 0 Å². The number of carboxylic acid groups (broad SMARTS) is 2. The van der Waals surface area contributed by atoms with Gasteiger partial charge < -0.3 is 20.8 Å². The predicted molar refractivity (Wildman–Crippen MR) is 129 cm³/mol. The SMILES string of the molecule is CCC(CC)(NC(=O)CNC(=O)c1cccs1)c1cn(-c2ccccc2C(=O)O)nn1.O=C(O)C(F)(F)F. The summed E-state index contributed by atoms with van der Waals surface area (Å²) in [6.07, 6.45) is -2.39. The van der Waals surface area contributed by atoms with Gasteiger partial charge >= 0.3 is 18.1 Å². The van der Waals surface area contributed by atoms with Gasteiger partial charge in [-0.25, -0.2) is 14.3 Å². The number of aromatic nitrogens is 3. The molecule has 4 N–H and O–H groups in total. The lowest BCUT2D eigenvalue weighted by Gasteiger charge is -2.30. The zero-order valence-corrected chi connectivity index (χ0v) is 21.0. The quantitative estimate of drug-likeness (QED) is 0.313. The van der Waals surface area contributed by atoms with Crippen molar-refractivity contribution in [1.82, 2.24) is 25.6 Å². The topological polar surface area (TPSA) is 164 Å². The molecule has 0 fully saturated rings. The molecular weight excluding hydrogens is 531 g/mol. The van der Waals surface area contributed by atoms with Crippen LogP contribution in [0.15, 0.2) is 48.0 Å². The molecule has 3 rings (SSSR count). The monoisotopic (exact) mass is 555 g/mol. The third kappa shape index (κ3) is 7.61. The Kier molecular flexibility index (Phi) is 10.1. The number of rotatable bonds is 9. The first kappa shape index (κ1) is 30.0. The summed E-state index contributed by atoms with van der Waals surface area (Å²) in [5.41, 5.74) is 0.180. The maximum Gasteiger partial charge on any atom is 0.490 e. The molecule has 2 aromatic heterocycles. The smallest absolute Gasteiger partial charge is 0.478 e. The van der Waals surface area contributed by atoms with E-state index in [0.29, 0.717) is 29.1 Å². The van der Waals surface area contributed by atoms with Crippen molar-refractivity contribution >= 4 is 35.1 Å². The lowest BCUT2D eigenvalue weighted by Crippen LogP contribution is -2.49. The number of carbonyl (C=O) groups excluding carboxylic acids is 2. The van der Waals surface area contributed by atoms with Crippen molar-refractivity contribution in [2.75, 3.05) is 6.54 Å². The minimum absolute atomic E-state index is 0.0953. The Hall–Kier alpha value is -4.27. The second-order valence-electron chi connectivity index (χ2n) is 7.67. The Labute approximate surface area is 218 Å². The second-order valence-corrected chi connectivity index (χ2v) is 8.62. The molecule has 38 heavy (non-hydrogen) atoms. The molecule has 11 nitrogen and oxygen atoms in total. The van der Waals surface area contributed by atoms with Gasteiger partial charge in [0, 0.05) is 0 Å². The van der Waals surface area contributed by atoms with Gasteiger partial charge in [-0.2, -0.15) is 13.2 Å². The fourth-order valence-electron chi connectivity index (χ4n) is 3.27. The number of carboxylic acids is 2. The van der Waals surface area contributed by atoms with Crippen LogP contribution < -0.4 is 10.6 Å². The Morgan fingerprint density at radius 3 is 2.18 bits per heavy atom. The number of para-hydroxylation sites is 1. The van der Waals surface area contributed by atoms with Gasteiger partial charge in [-0.15, -0.1) is 16.4 Å². The largest absolute Gasteiger partial charge is 0.490 e. The molecule has 0 radical (unpaired) electrons. The molecule has 0 aliphatic carbocycles. The van der Waals surface area contributed by atoms with Gasteiger partial charge in [-0.05, 0) is 36.4 Å². The molecule has 0 aliphatic rings. The van der Waals surface area contributed by atoms with Crippen molar-refractivity contribution < 1.29 is 42.6 Å². The molecule has 2 amide bonds. The summed E-state index contributed by atoms with van der Waals surface area (Å²) in [5, 5.41) is 32.2. The zero-order chi connectivity index (χ0) is 28.5. The summed E-state index contributed by atoms with van der Waals surface area (Å²) in [4.78, 5) is 45.6. The summed E-state index contributed by atoms with van der Waals surface area (Å²) in [6.45, 7) is 3.66. The summed E-state index contributed by atoms with van der Waals surface area (Å²) >= 11 is 1.30. The van der Waals surface area contributed by atoms with Crippen molar-refractivity contribution in [3.05, 3.63) is 64.1 Å². The highest BCUT2D eigenvalue weighted by Crippen LogP contribution is 2.28. The van der Waals surface area contributed by atoms with Gasteiger partial charge in [-0.3, -0.25) is 9.59 Å². The number of carbonyl (C=O) groups is 4. The fourth-order valence-corrected chi connectivity index (χ4v) is 3.91. The van der Waals surface area contributed by atoms with Crippen LogP contribution in [-0.2, 0) is 15.1 Å². The molecule has 3 aromatic rings. The second kappa shape index (κ2) is 12.8. The molecule has 0 bridgehead atoms. The number of amides is 2. The first-order valence-electron chi connectivity index (χ1n) is 11.0. The number of aromatic carboxylic acids is 1. The maximum absolute atomic E-state index is 12.6. The average molecular weight is 556 g/mol. The molecule has 0 atom stereocenters. The average Bonchev–Trinajstić information content (AvgIpc) is 3.59. The van der Waals surface area contributed by atoms with Crippen LogP contribution in [0.1, 0.15) is 52.4 Å². The third-order valence-corrected chi connectivity index (χ3v) is 6.22. The molecule has 0 saturated heterocycles. The number of aliphatic carboxylic acids is 1. The number of thiophene rings is 1. The minimum atomic E-state index is -5.08. The highest BCUT2D eigenvalue weighted by Gasteiger charge is 2.38. The Morgan fingerprint density at radius 2 is 1.66 bits per heavy atom. The maximum atomic E-state index is 12.6. The lowest BCUT2D eigenvalue weighted by molar-refractivity contribution is -0.192. The van der Waals surface area contributed by atoms with Gasteiger partial charge in [0.1, 0.15) is 5.69 Å². The van der Waals surface area contributed by atoms with E-state index in [4.69, 9.17) is 9.90 Å². The molecule has 0 unspecified atom stereocenters. The normalized spacial score (nSPS) is 11.2. The van der Waals surface area contributed by atoms with Gasteiger partial charge in [-0.1, -0.05) is 37.3 Å². The number of halogens is 3. The van der Waals surface area contributed by atoms with Crippen molar-refractivity contribution in [2.24, 2.45) is 0 Å². The van der Waals surface area contributed by atoms with E-state index in [0.717, 1.165) is 0 Å². The Balaban J connectivity index is 0.000000638. The Morgan fingerprint density at radius 1 is 1.03 bits per heavy atom. The highest BCUT2D eigenvalue weighted by atomic mass is 32.1. The standard InChI is InChI=1S/C21H23N5O4S.C2HF3O2/c1-3-21(4-2,23-18(27)12-22-19(28)16-10-7-11-31-16)17-13-26(25-24-17)15-9-6-5-8-14(15)20(29)30;3-2(4,5)1(6)7/h5-11,13H,3-4,12H2,1-2H3,(H,22,28)(H,23,27)(H,29,30);(H,6,7). The van der Waals surface area contributed by atoms with Crippen LogP contribution in [0.25, 0.3) is 5.69 Å². The first-order chi connectivity index (χ1) is 17.8. The number of nitrogens with zero attached hydrogens (tertiary/aromatic N) is 3. The molecule has 1 aromatic carbocycles. The van der Waals surface area contributed by atoms with E-state index in [2.05, 4.69) is 20.9 Å². The number of benzene rings is 1. The number of hydrogen-bond acceptors (Lipinski definition) is 7. The van der Waals surface area contributed by atoms with E-state index >= 15 is 0 Å². The van der Waals surface area contributed by atoms with E-state index < -0.39 is 23.7 Å². The fraction of sp³-hybridized carbons (Fsp3) is 0.304. The van der Waals surface area contributed by atoms with Crippen molar-refractivity contribution in [2.45, 2.75) is 38.4 Å². The van der Waals surface area contributed by atoms with Crippen molar-refractivity contribution in [3.8, 4) is 5.69 Å². The van der Waals surface area contributed by atoms with Crippen LogP contribution in [0.3, 0.4) is 0 Å². The van der Waals surface area contributed by atoms with Crippen molar-refractivity contribution in [3.63, 3.8) is 0 Å². The van der Waals surface area contributed by atoms with Crippen LogP contribution in [0, 0.1) is 0 Å². The van der Waals surface area contributed by atoms with Gasteiger partial charge in [0.2, 0.25) is 5.91 Å². The molecule has 204 valence electrons.